The summed E-state index contributed by atoms with van der Waals surface area (Å²) in [5, 5.41) is 0. The van der Waals surface area contributed by atoms with E-state index in [0.29, 0.717) is 0 Å². The minimum absolute atomic E-state index is 0.0173. The number of hydrogen-bond donors (Lipinski definition) is 0. The van der Waals surface area contributed by atoms with Crippen LogP contribution < -0.4 is 10.9 Å². The van der Waals surface area contributed by atoms with Gasteiger partial charge in [-0.15, -0.1) is 0 Å². The molecule has 0 saturated carbocycles. The maximum atomic E-state index is 6.34. The molecule has 34 heavy (non-hydrogen) atoms. The van der Waals surface area contributed by atoms with Crippen LogP contribution >= 0.6 is 0 Å². The van der Waals surface area contributed by atoms with Crippen LogP contribution in [0.1, 0.15) is 80.4 Å². The summed E-state index contributed by atoms with van der Waals surface area (Å²) in [5.41, 5.74) is 6.03. The van der Waals surface area contributed by atoms with Crippen molar-refractivity contribution in [3.63, 3.8) is 0 Å². The predicted octanol–water partition coefficient (Wildman–Crippen LogP) is 4.79. The number of hydrogen-bond acceptors (Lipinski definition) is 4. The lowest BCUT2D eigenvalue weighted by molar-refractivity contribution is 0.00578. The third-order valence-corrected chi connectivity index (χ3v) is 8.88. The Kier molecular flexibility index (Phi) is 5.12. The van der Waals surface area contributed by atoms with E-state index in [1.807, 2.05) is 0 Å². The zero-order valence-corrected chi connectivity index (χ0v) is 22.5. The van der Waals surface area contributed by atoms with Gasteiger partial charge in [0.05, 0.1) is 22.4 Å². The van der Waals surface area contributed by atoms with Crippen molar-refractivity contribution in [3.8, 4) is 11.1 Å². The number of rotatable bonds is 2. The van der Waals surface area contributed by atoms with Crippen LogP contribution in [0.5, 0.6) is 0 Å². The minimum Gasteiger partial charge on any atom is -0.399 e. The Morgan fingerprint density at radius 2 is 0.971 bits per heavy atom. The quantitative estimate of drug-likeness (QED) is 0.605. The van der Waals surface area contributed by atoms with Crippen molar-refractivity contribution >= 4 is 25.2 Å². The van der Waals surface area contributed by atoms with E-state index in [9.17, 15) is 0 Å². The van der Waals surface area contributed by atoms with Crippen LogP contribution in [0.2, 0.25) is 0 Å². The lowest BCUT2D eigenvalue weighted by Crippen LogP contribution is -2.41. The maximum Gasteiger partial charge on any atom is 0.494 e. The molecule has 180 valence electrons. The van der Waals surface area contributed by atoms with Crippen LogP contribution in [0.15, 0.2) is 36.4 Å². The second-order valence-corrected chi connectivity index (χ2v) is 13.0. The SMILES string of the molecule is CC1(C)Cc2cc(B3OC(C)(C)C(C)(C)O3)ccc2-c2ccc(B3OC(C)(C)C(C)(C)O3)cc21. The van der Waals surface area contributed by atoms with Gasteiger partial charge in [0.2, 0.25) is 0 Å². The van der Waals surface area contributed by atoms with Crippen LogP contribution in [-0.4, -0.2) is 36.6 Å². The summed E-state index contributed by atoms with van der Waals surface area (Å²) in [5.74, 6) is 0. The van der Waals surface area contributed by atoms with Gasteiger partial charge in [0.15, 0.2) is 0 Å². The molecule has 5 rings (SSSR count). The Morgan fingerprint density at radius 1 is 0.559 bits per heavy atom. The summed E-state index contributed by atoms with van der Waals surface area (Å²) >= 11 is 0. The molecule has 6 heteroatoms. The fourth-order valence-electron chi connectivity index (χ4n) is 5.20. The van der Waals surface area contributed by atoms with Crippen LogP contribution in [-0.2, 0) is 30.5 Å². The summed E-state index contributed by atoms with van der Waals surface area (Å²) in [7, 11) is -0.691. The van der Waals surface area contributed by atoms with E-state index < -0.39 is 0 Å². The molecule has 4 nitrogen and oxygen atoms in total. The molecule has 0 amide bonds. The molecule has 1 aliphatic carbocycles. The van der Waals surface area contributed by atoms with Gasteiger partial charge in [-0.3, -0.25) is 0 Å². The topological polar surface area (TPSA) is 36.9 Å². The fourth-order valence-corrected chi connectivity index (χ4v) is 5.20. The highest BCUT2D eigenvalue weighted by atomic mass is 16.7. The summed E-state index contributed by atoms with van der Waals surface area (Å²) in [4.78, 5) is 0. The Labute approximate surface area is 206 Å². The van der Waals surface area contributed by atoms with E-state index in [-0.39, 0.29) is 42.1 Å². The van der Waals surface area contributed by atoms with E-state index in [1.165, 1.54) is 22.3 Å². The van der Waals surface area contributed by atoms with E-state index in [0.717, 1.165) is 17.3 Å². The summed E-state index contributed by atoms with van der Waals surface area (Å²) in [6, 6.07) is 13.4. The zero-order valence-electron chi connectivity index (χ0n) is 22.5. The Bertz CT molecular complexity index is 1120. The third-order valence-electron chi connectivity index (χ3n) is 8.88. The number of benzene rings is 2. The molecule has 0 bridgehead atoms. The molecular formula is C28H38B2O4. The van der Waals surface area contributed by atoms with Gasteiger partial charge in [0.25, 0.3) is 0 Å². The van der Waals surface area contributed by atoms with E-state index in [1.54, 1.807) is 0 Å². The third kappa shape index (κ3) is 3.61. The summed E-state index contributed by atoms with van der Waals surface area (Å²) < 4.78 is 25.3. The van der Waals surface area contributed by atoms with Crippen molar-refractivity contribution in [2.24, 2.45) is 0 Å². The fraction of sp³-hybridized carbons (Fsp3) is 0.571. The molecule has 3 aliphatic rings. The van der Waals surface area contributed by atoms with Gasteiger partial charge in [0, 0.05) is 0 Å². The van der Waals surface area contributed by atoms with Gasteiger partial charge in [-0.1, -0.05) is 50.2 Å². The monoisotopic (exact) mass is 460 g/mol. The van der Waals surface area contributed by atoms with Gasteiger partial charge < -0.3 is 18.6 Å². The lowest BCUT2D eigenvalue weighted by atomic mass is 9.66. The number of fused-ring (bicyclic) bond motifs is 3. The normalized spacial score (nSPS) is 25.2. The van der Waals surface area contributed by atoms with Gasteiger partial charge in [-0.05, 0) is 100 Å². The highest BCUT2D eigenvalue weighted by molar-refractivity contribution is 6.62. The van der Waals surface area contributed by atoms with E-state index in [2.05, 4.69) is 106 Å². The summed E-state index contributed by atoms with van der Waals surface area (Å²) in [6.45, 7) is 21.4. The molecule has 0 aromatic heterocycles. The van der Waals surface area contributed by atoms with Crippen LogP contribution in [0, 0.1) is 0 Å². The lowest BCUT2D eigenvalue weighted by Gasteiger charge is -2.35. The van der Waals surface area contributed by atoms with Crippen molar-refractivity contribution in [2.45, 2.75) is 103 Å². The van der Waals surface area contributed by atoms with Gasteiger partial charge in [-0.25, -0.2) is 0 Å². The van der Waals surface area contributed by atoms with Crippen molar-refractivity contribution in [1.29, 1.82) is 0 Å². The molecule has 2 aromatic carbocycles. The molecule has 2 aromatic rings. The molecule has 0 N–H and O–H groups in total. The second kappa shape index (κ2) is 7.22. The van der Waals surface area contributed by atoms with E-state index in [4.69, 9.17) is 18.6 Å². The van der Waals surface area contributed by atoms with Gasteiger partial charge in [0.1, 0.15) is 0 Å². The first-order valence-corrected chi connectivity index (χ1v) is 12.5. The largest absolute Gasteiger partial charge is 0.494 e. The summed E-state index contributed by atoms with van der Waals surface area (Å²) in [6.07, 6.45) is 0.954. The minimum atomic E-state index is -0.349. The standard InChI is InChI=1S/C28H38B2O4/c1-24(2)17-18-15-19(29-31-25(3,4)26(5,6)32-29)11-13-21(18)22-14-12-20(16-23(22)24)30-33-27(7,8)28(9,10)34-30/h11-16H,17H2,1-10H3. The van der Waals surface area contributed by atoms with Crippen LogP contribution in [0.3, 0.4) is 0 Å². The molecule has 0 spiro atoms. The van der Waals surface area contributed by atoms with Gasteiger partial charge >= 0.3 is 14.2 Å². The smallest absolute Gasteiger partial charge is 0.399 e. The Balaban J connectivity index is 1.50. The maximum absolute atomic E-state index is 6.34. The zero-order chi connectivity index (χ0) is 24.9. The molecule has 2 fully saturated rings. The molecule has 0 unspecified atom stereocenters. The Hall–Kier alpha value is -1.59. The average Bonchev–Trinajstić information content (AvgIpc) is 3.06. The van der Waals surface area contributed by atoms with Gasteiger partial charge in [-0.2, -0.15) is 0 Å². The molecule has 2 aliphatic heterocycles. The first kappa shape index (κ1) is 24.1. The first-order chi connectivity index (χ1) is 15.5. The molecule has 0 radical (unpaired) electrons. The van der Waals surface area contributed by atoms with E-state index >= 15 is 0 Å². The average molecular weight is 460 g/mol. The second-order valence-electron chi connectivity index (χ2n) is 13.0. The molecule has 2 saturated heterocycles. The van der Waals surface area contributed by atoms with Crippen molar-refractivity contribution in [2.75, 3.05) is 0 Å². The molecule has 0 atom stereocenters. The van der Waals surface area contributed by atoms with Crippen LogP contribution in [0.4, 0.5) is 0 Å². The van der Waals surface area contributed by atoms with Crippen molar-refractivity contribution in [3.05, 3.63) is 47.5 Å². The molecule has 2 heterocycles. The highest BCUT2D eigenvalue weighted by Crippen LogP contribution is 2.44. The van der Waals surface area contributed by atoms with Crippen molar-refractivity contribution in [1.82, 2.24) is 0 Å². The highest BCUT2D eigenvalue weighted by Gasteiger charge is 2.53. The Morgan fingerprint density at radius 3 is 1.44 bits per heavy atom. The first-order valence-electron chi connectivity index (χ1n) is 12.5. The van der Waals surface area contributed by atoms with Crippen LogP contribution in [0.25, 0.3) is 11.1 Å². The van der Waals surface area contributed by atoms with Crippen molar-refractivity contribution < 1.29 is 18.6 Å². The predicted molar refractivity (Wildman–Crippen MR) is 140 cm³/mol. The molecular weight excluding hydrogens is 422 g/mol.